The van der Waals surface area contributed by atoms with E-state index in [0.29, 0.717) is 19.3 Å². The average molecular weight is 159 g/mol. The maximum Gasteiger partial charge on any atom is 0.145 e. The van der Waals surface area contributed by atoms with E-state index in [9.17, 15) is 9.59 Å². The van der Waals surface area contributed by atoms with Crippen molar-refractivity contribution in [2.75, 3.05) is 13.2 Å². The van der Waals surface area contributed by atoms with Crippen molar-refractivity contribution >= 4 is 12.1 Å². The maximum atomic E-state index is 10.9. The number of ketones is 1. The molecular formula is C7H13NO3. The Hall–Kier alpha value is -0.740. The van der Waals surface area contributed by atoms with E-state index < -0.39 is 12.5 Å². The van der Waals surface area contributed by atoms with Gasteiger partial charge in [0.2, 0.25) is 0 Å². The van der Waals surface area contributed by atoms with Gasteiger partial charge in [-0.1, -0.05) is 0 Å². The van der Waals surface area contributed by atoms with Crippen molar-refractivity contribution in [3.05, 3.63) is 0 Å². The number of rotatable bonds is 6. The summed E-state index contributed by atoms with van der Waals surface area (Å²) in [5.74, 6) is -1.07. The van der Waals surface area contributed by atoms with Crippen LogP contribution >= 0.6 is 0 Å². The summed E-state index contributed by atoms with van der Waals surface area (Å²) in [7, 11) is 0. The number of nitrogens with two attached hydrogens (primary N) is 1. The summed E-state index contributed by atoms with van der Waals surface area (Å²) in [4.78, 5) is 21.0. The Morgan fingerprint density at radius 2 is 2.27 bits per heavy atom. The van der Waals surface area contributed by atoms with Crippen LogP contribution in [0, 0.1) is 5.92 Å². The lowest BCUT2D eigenvalue weighted by atomic mass is 10.0. The van der Waals surface area contributed by atoms with Crippen LogP contribution in [0.4, 0.5) is 0 Å². The van der Waals surface area contributed by atoms with E-state index in [1.54, 1.807) is 0 Å². The number of carbonyl (C=O) groups is 2. The number of hydrogen-bond donors (Lipinski definition) is 2. The fourth-order valence-corrected chi connectivity index (χ4v) is 0.682. The number of carbonyl (C=O) groups excluding carboxylic acids is 2. The van der Waals surface area contributed by atoms with E-state index in [1.807, 2.05) is 0 Å². The van der Waals surface area contributed by atoms with Gasteiger partial charge in [0, 0.05) is 6.42 Å². The van der Waals surface area contributed by atoms with E-state index >= 15 is 0 Å². The molecule has 0 bridgehead atoms. The molecule has 0 saturated heterocycles. The van der Waals surface area contributed by atoms with Gasteiger partial charge in [0.1, 0.15) is 12.1 Å². The van der Waals surface area contributed by atoms with Crippen molar-refractivity contribution in [2.24, 2.45) is 11.7 Å². The van der Waals surface area contributed by atoms with Gasteiger partial charge in [0.25, 0.3) is 0 Å². The molecule has 0 aliphatic rings. The highest BCUT2D eigenvalue weighted by Crippen LogP contribution is 1.99. The predicted molar refractivity (Wildman–Crippen MR) is 39.9 cm³/mol. The minimum Gasteiger partial charge on any atom is -0.395 e. The fraction of sp³-hybridized carbons (Fsp3) is 0.714. The number of aliphatic hydroxyl groups excluding tert-OH is 1. The number of aliphatic hydroxyl groups is 1. The summed E-state index contributed by atoms with van der Waals surface area (Å²) >= 11 is 0. The molecule has 0 aliphatic carbocycles. The van der Waals surface area contributed by atoms with Gasteiger partial charge >= 0.3 is 0 Å². The minimum absolute atomic E-state index is 0.229. The van der Waals surface area contributed by atoms with E-state index in [-0.39, 0.29) is 12.2 Å². The molecule has 0 rings (SSSR count). The summed E-state index contributed by atoms with van der Waals surface area (Å²) in [6, 6.07) is 0. The summed E-state index contributed by atoms with van der Waals surface area (Å²) in [6.45, 7) is 0.0374. The van der Waals surface area contributed by atoms with Crippen molar-refractivity contribution in [3.63, 3.8) is 0 Å². The molecule has 0 fully saturated rings. The van der Waals surface area contributed by atoms with Crippen LogP contribution in [-0.2, 0) is 9.59 Å². The van der Waals surface area contributed by atoms with Crippen LogP contribution < -0.4 is 5.73 Å². The van der Waals surface area contributed by atoms with Gasteiger partial charge in [-0.25, -0.2) is 0 Å². The number of hydrogen-bond acceptors (Lipinski definition) is 4. The Balaban J connectivity index is 3.69. The average Bonchev–Trinajstić information content (AvgIpc) is 2.03. The van der Waals surface area contributed by atoms with E-state index in [4.69, 9.17) is 10.8 Å². The lowest BCUT2D eigenvalue weighted by Crippen LogP contribution is -2.20. The van der Waals surface area contributed by atoms with Crippen LogP contribution in [0.2, 0.25) is 0 Å². The Morgan fingerprint density at radius 3 is 2.64 bits per heavy atom. The Bertz CT molecular complexity index is 136. The van der Waals surface area contributed by atoms with Gasteiger partial charge in [-0.15, -0.1) is 0 Å². The first kappa shape index (κ1) is 10.3. The van der Waals surface area contributed by atoms with Crippen molar-refractivity contribution in [1.29, 1.82) is 0 Å². The van der Waals surface area contributed by atoms with Crippen molar-refractivity contribution in [3.8, 4) is 0 Å². The molecular weight excluding hydrogens is 146 g/mol. The molecule has 1 atom stereocenters. The monoisotopic (exact) mass is 159 g/mol. The maximum absolute atomic E-state index is 10.9. The molecule has 1 unspecified atom stereocenters. The Morgan fingerprint density at radius 1 is 1.64 bits per heavy atom. The molecule has 3 N–H and O–H groups in total. The van der Waals surface area contributed by atoms with Gasteiger partial charge in [-0.2, -0.15) is 0 Å². The second kappa shape index (κ2) is 6.00. The predicted octanol–water partition coefficient (Wildman–Crippen LogP) is -0.898. The molecule has 0 aromatic heterocycles. The van der Waals surface area contributed by atoms with E-state index in [1.165, 1.54) is 0 Å². The Kier molecular flexibility index (Phi) is 5.60. The quantitative estimate of drug-likeness (QED) is 0.389. The van der Waals surface area contributed by atoms with Crippen LogP contribution in [0.15, 0.2) is 0 Å². The van der Waals surface area contributed by atoms with Crippen LogP contribution in [0.1, 0.15) is 12.8 Å². The smallest absolute Gasteiger partial charge is 0.145 e. The highest BCUT2D eigenvalue weighted by atomic mass is 16.3. The summed E-state index contributed by atoms with van der Waals surface area (Å²) < 4.78 is 0. The lowest BCUT2D eigenvalue weighted by Gasteiger charge is -2.03. The first-order valence-corrected chi connectivity index (χ1v) is 3.55. The standard InChI is InChI=1S/C7H13NO3/c8-3-1-2-7(11)6(4-9)5-10/h4,6,10H,1-3,5,8H2. The topological polar surface area (TPSA) is 80.4 Å². The normalized spacial score (nSPS) is 12.5. The second-order valence-corrected chi connectivity index (χ2v) is 2.28. The zero-order chi connectivity index (χ0) is 8.69. The molecule has 0 aromatic rings. The largest absolute Gasteiger partial charge is 0.395 e. The molecule has 11 heavy (non-hydrogen) atoms. The molecule has 0 radical (unpaired) electrons. The van der Waals surface area contributed by atoms with Gasteiger partial charge in [-0.3, -0.25) is 4.79 Å². The number of Topliss-reactive ketones (excluding diaryl/α,β-unsaturated/α-hetero) is 1. The summed E-state index contributed by atoms with van der Waals surface area (Å²) in [5.41, 5.74) is 5.16. The highest BCUT2D eigenvalue weighted by Gasteiger charge is 2.14. The van der Waals surface area contributed by atoms with Gasteiger partial charge < -0.3 is 15.6 Å². The van der Waals surface area contributed by atoms with Crippen LogP contribution in [0.5, 0.6) is 0 Å². The fourth-order valence-electron chi connectivity index (χ4n) is 0.682. The molecule has 64 valence electrons. The lowest BCUT2D eigenvalue weighted by molar-refractivity contribution is -0.128. The first-order valence-electron chi connectivity index (χ1n) is 3.55. The molecule has 0 aromatic carbocycles. The molecule has 0 spiro atoms. The summed E-state index contributed by atoms with van der Waals surface area (Å²) in [6.07, 6.45) is 1.32. The van der Waals surface area contributed by atoms with Gasteiger partial charge in [0.05, 0.1) is 12.5 Å². The summed E-state index contributed by atoms with van der Waals surface area (Å²) in [5, 5.41) is 8.51. The zero-order valence-corrected chi connectivity index (χ0v) is 6.32. The van der Waals surface area contributed by atoms with Crippen LogP contribution in [0.25, 0.3) is 0 Å². The molecule has 0 amide bonds. The number of aldehydes is 1. The van der Waals surface area contributed by atoms with Gasteiger partial charge in [-0.05, 0) is 13.0 Å². The van der Waals surface area contributed by atoms with Crippen molar-refractivity contribution < 1.29 is 14.7 Å². The van der Waals surface area contributed by atoms with Gasteiger partial charge in [0.15, 0.2) is 0 Å². The van der Waals surface area contributed by atoms with E-state index in [0.717, 1.165) is 0 Å². The second-order valence-electron chi connectivity index (χ2n) is 2.28. The SMILES string of the molecule is NCCCC(=O)C(C=O)CO. The van der Waals surface area contributed by atoms with E-state index in [2.05, 4.69) is 0 Å². The molecule has 0 heterocycles. The van der Waals surface area contributed by atoms with Crippen LogP contribution in [0.3, 0.4) is 0 Å². The Labute approximate surface area is 65.4 Å². The third-order valence-electron chi connectivity index (χ3n) is 1.40. The molecule has 4 nitrogen and oxygen atoms in total. The first-order chi connectivity index (χ1) is 5.26. The molecule has 0 saturated carbocycles. The highest BCUT2D eigenvalue weighted by molar-refractivity contribution is 5.93. The van der Waals surface area contributed by atoms with Crippen molar-refractivity contribution in [2.45, 2.75) is 12.8 Å². The zero-order valence-electron chi connectivity index (χ0n) is 6.32. The minimum atomic E-state index is -0.846. The molecule has 0 aliphatic heterocycles. The molecule has 4 heteroatoms. The van der Waals surface area contributed by atoms with Crippen molar-refractivity contribution in [1.82, 2.24) is 0 Å². The van der Waals surface area contributed by atoms with Crippen LogP contribution in [-0.4, -0.2) is 30.3 Å². The third-order valence-corrected chi connectivity index (χ3v) is 1.40. The third kappa shape index (κ3) is 3.85.